The number of halogens is 1. The summed E-state index contributed by atoms with van der Waals surface area (Å²) in [5.74, 6) is 1.29. The van der Waals surface area contributed by atoms with Gasteiger partial charge in [-0.15, -0.1) is 11.6 Å². The first-order chi connectivity index (χ1) is 6.22. The van der Waals surface area contributed by atoms with E-state index in [9.17, 15) is 0 Å². The molecule has 3 heteroatoms. The van der Waals surface area contributed by atoms with Crippen molar-refractivity contribution in [1.29, 1.82) is 0 Å². The van der Waals surface area contributed by atoms with Crippen molar-refractivity contribution in [3.63, 3.8) is 0 Å². The summed E-state index contributed by atoms with van der Waals surface area (Å²) < 4.78 is 0. The molecular formula is C10H18ClNO. The lowest BCUT2D eigenvalue weighted by Gasteiger charge is -2.34. The minimum Gasteiger partial charge on any atom is -0.393 e. The molecule has 0 aromatic rings. The molecule has 0 radical (unpaired) electrons. The van der Waals surface area contributed by atoms with Crippen molar-refractivity contribution < 1.29 is 5.11 Å². The molecule has 0 bridgehead atoms. The van der Waals surface area contributed by atoms with Crippen LogP contribution < -0.4 is 0 Å². The molecule has 1 fully saturated rings. The zero-order chi connectivity index (χ0) is 9.68. The number of alkyl halides is 1. The van der Waals surface area contributed by atoms with E-state index in [0.29, 0.717) is 11.8 Å². The first-order valence-electron chi connectivity index (χ1n) is 4.80. The predicted molar refractivity (Wildman–Crippen MR) is 56.1 cm³/mol. The number of hydrogen-bond donors (Lipinski definition) is 1. The molecule has 1 saturated carbocycles. The van der Waals surface area contributed by atoms with Gasteiger partial charge in [-0.05, 0) is 25.8 Å². The number of aliphatic hydroxyl groups is 1. The van der Waals surface area contributed by atoms with Crippen LogP contribution in [0.3, 0.4) is 0 Å². The van der Waals surface area contributed by atoms with E-state index < -0.39 is 0 Å². The number of nitrogens with zero attached hydrogens (tertiary/aromatic N) is 1. The normalized spacial score (nSPS) is 28.3. The SMILES string of the molecule is CN(CC=CCCl)CC1CC(O)C1. The zero-order valence-electron chi connectivity index (χ0n) is 8.12. The number of aliphatic hydroxyl groups excluding tert-OH is 1. The second kappa shape index (κ2) is 5.63. The third kappa shape index (κ3) is 4.12. The van der Waals surface area contributed by atoms with E-state index in [1.165, 1.54) is 0 Å². The molecule has 0 spiro atoms. The van der Waals surface area contributed by atoms with Crippen molar-refractivity contribution in [1.82, 2.24) is 4.90 Å². The Morgan fingerprint density at radius 3 is 2.69 bits per heavy atom. The quantitative estimate of drug-likeness (QED) is 0.541. The first-order valence-corrected chi connectivity index (χ1v) is 5.33. The van der Waals surface area contributed by atoms with Crippen LogP contribution in [0.2, 0.25) is 0 Å². The maximum atomic E-state index is 9.10. The van der Waals surface area contributed by atoms with Crippen LogP contribution in [0.25, 0.3) is 0 Å². The van der Waals surface area contributed by atoms with Gasteiger partial charge in [-0.1, -0.05) is 12.2 Å². The van der Waals surface area contributed by atoms with E-state index in [0.717, 1.165) is 25.9 Å². The van der Waals surface area contributed by atoms with E-state index in [1.807, 2.05) is 6.08 Å². The number of likely N-dealkylation sites (N-methyl/N-ethyl adjacent to an activating group) is 1. The smallest absolute Gasteiger partial charge is 0.0546 e. The van der Waals surface area contributed by atoms with E-state index >= 15 is 0 Å². The number of rotatable bonds is 5. The highest BCUT2D eigenvalue weighted by atomic mass is 35.5. The van der Waals surface area contributed by atoms with Crippen LogP contribution in [0, 0.1) is 5.92 Å². The molecule has 0 aliphatic heterocycles. The van der Waals surface area contributed by atoms with Gasteiger partial charge in [0.05, 0.1) is 6.10 Å². The minimum absolute atomic E-state index is 0.0308. The fraction of sp³-hybridized carbons (Fsp3) is 0.800. The average molecular weight is 204 g/mol. The monoisotopic (exact) mass is 203 g/mol. The van der Waals surface area contributed by atoms with Gasteiger partial charge < -0.3 is 10.0 Å². The highest BCUT2D eigenvalue weighted by Crippen LogP contribution is 2.27. The Morgan fingerprint density at radius 2 is 2.15 bits per heavy atom. The average Bonchev–Trinajstić information content (AvgIpc) is 2.02. The molecule has 0 amide bonds. The molecule has 0 aromatic heterocycles. The van der Waals surface area contributed by atoms with Crippen LogP contribution >= 0.6 is 11.6 Å². The topological polar surface area (TPSA) is 23.5 Å². The molecule has 0 atom stereocenters. The number of allylic oxidation sites excluding steroid dienone is 1. The Balaban J connectivity index is 2.04. The molecular weight excluding hydrogens is 186 g/mol. The Labute approximate surface area is 85.2 Å². The summed E-state index contributed by atoms with van der Waals surface area (Å²) in [6.07, 6.45) is 5.97. The second-order valence-corrected chi connectivity index (χ2v) is 4.15. The summed E-state index contributed by atoms with van der Waals surface area (Å²) in [5, 5.41) is 9.10. The van der Waals surface area contributed by atoms with Crippen molar-refractivity contribution >= 4 is 11.6 Å². The highest BCUT2D eigenvalue weighted by molar-refractivity contribution is 6.18. The summed E-state index contributed by atoms with van der Waals surface area (Å²) >= 11 is 5.51. The molecule has 0 saturated heterocycles. The van der Waals surface area contributed by atoms with E-state index in [1.54, 1.807) is 0 Å². The van der Waals surface area contributed by atoms with Gasteiger partial charge in [0.25, 0.3) is 0 Å². The Morgan fingerprint density at radius 1 is 1.46 bits per heavy atom. The van der Waals surface area contributed by atoms with Gasteiger partial charge >= 0.3 is 0 Å². The largest absolute Gasteiger partial charge is 0.393 e. The molecule has 76 valence electrons. The summed E-state index contributed by atoms with van der Waals surface area (Å²) in [6.45, 7) is 2.04. The van der Waals surface area contributed by atoms with Crippen molar-refractivity contribution in [3.8, 4) is 0 Å². The fourth-order valence-electron chi connectivity index (χ4n) is 1.68. The van der Waals surface area contributed by atoms with Crippen LogP contribution in [-0.4, -0.2) is 42.1 Å². The molecule has 0 heterocycles. The number of hydrogen-bond acceptors (Lipinski definition) is 2. The van der Waals surface area contributed by atoms with E-state index in [2.05, 4.69) is 18.0 Å². The molecule has 1 N–H and O–H groups in total. The summed E-state index contributed by atoms with van der Waals surface area (Å²) in [7, 11) is 2.10. The van der Waals surface area contributed by atoms with Gasteiger partial charge in [0.2, 0.25) is 0 Å². The zero-order valence-corrected chi connectivity index (χ0v) is 8.87. The first kappa shape index (κ1) is 11.0. The van der Waals surface area contributed by atoms with Gasteiger partial charge in [0.1, 0.15) is 0 Å². The lowest BCUT2D eigenvalue weighted by atomic mass is 9.82. The predicted octanol–water partition coefficient (Wildman–Crippen LogP) is 1.48. The lowest BCUT2D eigenvalue weighted by Crippen LogP contribution is -2.37. The van der Waals surface area contributed by atoms with Crippen LogP contribution in [0.5, 0.6) is 0 Å². The van der Waals surface area contributed by atoms with Crippen molar-refractivity contribution in [3.05, 3.63) is 12.2 Å². The molecule has 0 unspecified atom stereocenters. The van der Waals surface area contributed by atoms with Crippen molar-refractivity contribution in [2.45, 2.75) is 18.9 Å². The maximum absolute atomic E-state index is 9.10. The minimum atomic E-state index is -0.0308. The second-order valence-electron chi connectivity index (χ2n) is 3.84. The third-order valence-electron chi connectivity index (χ3n) is 2.45. The van der Waals surface area contributed by atoms with Gasteiger partial charge in [0, 0.05) is 19.0 Å². The Bertz CT molecular complexity index is 166. The van der Waals surface area contributed by atoms with Gasteiger partial charge in [-0.3, -0.25) is 0 Å². The van der Waals surface area contributed by atoms with Crippen LogP contribution in [0.1, 0.15) is 12.8 Å². The molecule has 0 aromatic carbocycles. The molecule has 1 aliphatic rings. The molecule has 1 rings (SSSR count). The summed E-state index contributed by atoms with van der Waals surface area (Å²) in [5.41, 5.74) is 0. The Kier molecular flexibility index (Phi) is 4.78. The molecule has 2 nitrogen and oxygen atoms in total. The third-order valence-corrected chi connectivity index (χ3v) is 2.63. The maximum Gasteiger partial charge on any atom is 0.0546 e. The van der Waals surface area contributed by atoms with Gasteiger partial charge in [-0.25, -0.2) is 0 Å². The van der Waals surface area contributed by atoms with Crippen molar-refractivity contribution in [2.75, 3.05) is 26.0 Å². The van der Waals surface area contributed by atoms with Crippen LogP contribution in [0.15, 0.2) is 12.2 Å². The van der Waals surface area contributed by atoms with E-state index in [4.69, 9.17) is 16.7 Å². The lowest BCUT2D eigenvalue weighted by molar-refractivity contribution is 0.0298. The standard InChI is InChI=1S/C10H18ClNO/c1-12(5-3-2-4-11)8-9-6-10(13)7-9/h2-3,9-10,13H,4-8H2,1H3. The van der Waals surface area contributed by atoms with Crippen LogP contribution in [-0.2, 0) is 0 Å². The highest BCUT2D eigenvalue weighted by Gasteiger charge is 2.27. The fourth-order valence-corrected chi connectivity index (χ4v) is 1.81. The summed E-state index contributed by atoms with van der Waals surface area (Å²) in [4.78, 5) is 2.26. The van der Waals surface area contributed by atoms with Crippen molar-refractivity contribution in [2.24, 2.45) is 5.92 Å². The molecule has 13 heavy (non-hydrogen) atoms. The summed E-state index contributed by atoms with van der Waals surface area (Å²) in [6, 6.07) is 0. The van der Waals surface area contributed by atoms with Gasteiger partial charge in [-0.2, -0.15) is 0 Å². The molecule has 1 aliphatic carbocycles. The van der Waals surface area contributed by atoms with Crippen LogP contribution in [0.4, 0.5) is 0 Å². The van der Waals surface area contributed by atoms with E-state index in [-0.39, 0.29) is 6.10 Å². The Hall–Kier alpha value is -0.0500. The van der Waals surface area contributed by atoms with Gasteiger partial charge in [0.15, 0.2) is 0 Å².